The first-order valence-electron chi connectivity index (χ1n) is 12.3. The predicted molar refractivity (Wildman–Crippen MR) is 126 cm³/mol. The number of aryl methyl sites for hydroxylation is 1. The topological polar surface area (TPSA) is 54.3 Å². The maximum atomic E-state index is 13.9. The number of nitrogens with zero attached hydrogens (tertiary/aromatic N) is 2. The number of rotatable bonds is 4. The zero-order valence-corrected chi connectivity index (χ0v) is 19.7. The molecule has 0 saturated heterocycles. The predicted octanol–water partition coefficient (Wildman–Crippen LogP) is 5.26. The summed E-state index contributed by atoms with van der Waals surface area (Å²) < 4.78 is 3.30. The fraction of sp³-hybridized carbons (Fsp3) is 0.680. The van der Waals surface area contributed by atoms with Crippen LogP contribution < -0.4 is 5.32 Å². The molecular weight excluding hydrogens is 406 g/mol. The van der Waals surface area contributed by atoms with E-state index >= 15 is 0 Å². The van der Waals surface area contributed by atoms with Gasteiger partial charge in [0.1, 0.15) is 11.2 Å². The number of nitrogens with one attached hydrogen (secondary N) is 1. The number of fused-ring (bicyclic) bond motifs is 3. The number of carbonyl (C=O) groups excluding carboxylic acids is 2. The van der Waals surface area contributed by atoms with Crippen LogP contribution in [0.2, 0.25) is 0 Å². The van der Waals surface area contributed by atoms with Gasteiger partial charge >= 0.3 is 0 Å². The molecule has 168 valence electrons. The summed E-state index contributed by atoms with van der Waals surface area (Å²) in [6.07, 6.45) is 12.3. The average Bonchev–Trinajstić information content (AvgIpc) is 3.34. The van der Waals surface area contributed by atoms with Crippen LogP contribution in [0.3, 0.4) is 0 Å². The third-order valence-corrected chi connectivity index (χ3v) is 9.01. The molecule has 31 heavy (non-hydrogen) atoms. The van der Waals surface area contributed by atoms with Crippen LogP contribution in [0.4, 0.5) is 0 Å². The monoisotopic (exact) mass is 441 g/mol. The van der Waals surface area contributed by atoms with E-state index in [4.69, 9.17) is 0 Å². The molecule has 0 radical (unpaired) electrons. The number of carbonyl (C=O) groups is 2. The number of aromatic nitrogens is 1. The van der Waals surface area contributed by atoms with Crippen LogP contribution >= 0.6 is 11.3 Å². The van der Waals surface area contributed by atoms with E-state index in [0.717, 1.165) is 56.2 Å². The largest absolute Gasteiger partial charge is 0.351 e. The molecule has 3 heterocycles. The minimum atomic E-state index is -0.843. The van der Waals surface area contributed by atoms with Crippen molar-refractivity contribution in [3.63, 3.8) is 0 Å². The zero-order chi connectivity index (χ0) is 21.6. The Hall–Kier alpha value is -1.82. The van der Waals surface area contributed by atoms with E-state index in [2.05, 4.69) is 28.9 Å². The Kier molecular flexibility index (Phi) is 5.61. The van der Waals surface area contributed by atoms with Gasteiger partial charge in [-0.2, -0.15) is 0 Å². The van der Waals surface area contributed by atoms with E-state index in [-0.39, 0.29) is 23.9 Å². The van der Waals surface area contributed by atoms with Crippen LogP contribution in [-0.4, -0.2) is 38.9 Å². The molecule has 2 fully saturated rings. The highest BCUT2D eigenvalue weighted by Gasteiger charge is 2.50. The lowest BCUT2D eigenvalue weighted by molar-refractivity contribution is -0.135. The Morgan fingerprint density at radius 3 is 2.45 bits per heavy atom. The van der Waals surface area contributed by atoms with Gasteiger partial charge in [-0.1, -0.05) is 45.4 Å². The van der Waals surface area contributed by atoms with Crippen LogP contribution in [0, 0.1) is 0 Å². The Balaban J connectivity index is 1.54. The van der Waals surface area contributed by atoms with Gasteiger partial charge in [0.2, 0.25) is 5.91 Å². The lowest BCUT2D eigenvalue weighted by atomic mass is 9.86. The third-order valence-electron chi connectivity index (χ3n) is 7.79. The Morgan fingerprint density at radius 1 is 1.10 bits per heavy atom. The van der Waals surface area contributed by atoms with Crippen LogP contribution in [0.1, 0.15) is 93.4 Å². The summed E-state index contributed by atoms with van der Waals surface area (Å²) >= 11 is 1.77. The van der Waals surface area contributed by atoms with E-state index in [1.807, 2.05) is 11.8 Å². The van der Waals surface area contributed by atoms with E-state index in [1.165, 1.54) is 35.3 Å². The molecule has 5 nitrogen and oxygen atoms in total. The van der Waals surface area contributed by atoms with E-state index < -0.39 is 5.54 Å². The van der Waals surface area contributed by atoms with Gasteiger partial charge in [0, 0.05) is 17.0 Å². The number of thiophene rings is 1. The normalized spacial score (nSPS) is 25.7. The number of hydrogen-bond acceptors (Lipinski definition) is 3. The van der Waals surface area contributed by atoms with Crippen molar-refractivity contribution in [3.8, 4) is 0 Å². The summed E-state index contributed by atoms with van der Waals surface area (Å²) in [4.78, 5) is 31.0. The van der Waals surface area contributed by atoms with Crippen molar-refractivity contribution in [1.82, 2.24) is 14.8 Å². The summed E-state index contributed by atoms with van der Waals surface area (Å²) in [6.45, 7) is 4.73. The van der Waals surface area contributed by atoms with E-state index in [0.29, 0.717) is 6.54 Å². The van der Waals surface area contributed by atoms with Crippen molar-refractivity contribution in [2.45, 2.75) is 109 Å². The first-order chi connectivity index (χ1) is 15.0. The second-order valence-electron chi connectivity index (χ2n) is 9.98. The molecular formula is C25H35N3O2S. The van der Waals surface area contributed by atoms with Gasteiger partial charge in [-0.25, -0.2) is 0 Å². The summed E-state index contributed by atoms with van der Waals surface area (Å²) in [5, 5.41) is 3.36. The minimum absolute atomic E-state index is 0.0387. The SMILES string of the molecule is CCc1cc2c(cc3n2CC(C)(C(=O)NC2CCCCC2)N(C2CCCCC2)C3=O)s1. The van der Waals surface area contributed by atoms with Crippen molar-refractivity contribution >= 4 is 33.4 Å². The summed E-state index contributed by atoms with van der Waals surface area (Å²) in [5.74, 6) is 0.0812. The van der Waals surface area contributed by atoms with Gasteiger partial charge in [0.05, 0.1) is 16.8 Å². The molecule has 1 atom stereocenters. The highest BCUT2D eigenvalue weighted by atomic mass is 32.1. The summed E-state index contributed by atoms with van der Waals surface area (Å²) in [7, 11) is 0. The Morgan fingerprint density at radius 2 is 1.77 bits per heavy atom. The van der Waals surface area contributed by atoms with Crippen molar-refractivity contribution < 1.29 is 9.59 Å². The van der Waals surface area contributed by atoms with Gasteiger partial charge in [0.25, 0.3) is 5.91 Å². The van der Waals surface area contributed by atoms with Gasteiger partial charge in [-0.3, -0.25) is 9.59 Å². The standard InChI is InChI=1S/C25H35N3O2S/c1-3-19-14-20-22(31-19)15-21-23(29)28(18-12-8-5-9-13-18)25(2,16-27(20)21)24(30)26-17-10-6-4-7-11-17/h14-15,17-18H,3-13,16H2,1-2H3,(H,26,30). The highest BCUT2D eigenvalue weighted by molar-refractivity contribution is 7.19. The molecule has 0 spiro atoms. The van der Waals surface area contributed by atoms with Gasteiger partial charge in [0.15, 0.2) is 0 Å². The Labute approximate surface area is 189 Å². The molecule has 3 aliphatic rings. The van der Waals surface area contributed by atoms with Gasteiger partial charge in [-0.05, 0) is 51.2 Å². The number of hydrogen-bond donors (Lipinski definition) is 1. The molecule has 2 aromatic heterocycles. The molecule has 2 aromatic rings. The Bertz CT molecular complexity index is 980. The van der Waals surface area contributed by atoms with E-state index in [9.17, 15) is 9.59 Å². The quantitative estimate of drug-likeness (QED) is 0.703. The van der Waals surface area contributed by atoms with Crippen LogP contribution in [0.5, 0.6) is 0 Å². The van der Waals surface area contributed by atoms with Crippen molar-refractivity contribution in [2.75, 3.05) is 0 Å². The average molecular weight is 442 g/mol. The van der Waals surface area contributed by atoms with Crippen LogP contribution in [-0.2, 0) is 17.8 Å². The summed E-state index contributed by atoms with van der Waals surface area (Å²) in [6, 6.07) is 4.69. The summed E-state index contributed by atoms with van der Waals surface area (Å²) in [5.41, 5.74) is 1.03. The molecule has 2 aliphatic carbocycles. The second-order valence-corrected chi connectivity index (χ2v) is 11.1. The molecule has 1 aliphatic heterocycles. The van der Waals surface area contributed by atoms with Gasteiger partial charge in [-0.15, -0.1) is 11.3 Å². The maximum absolute atomic E-state index is 13.9. The van der Waals surface area contributed by atoms with Crippen LogP contribution in [0.25, 0.3) is 10.2 Å². The van der Waals surface area contributed by atoms with E-state index in [1.54, 1.807) is 11.3 Å². The minimum Gasteiger partial charge on any atom is -0.351 e. The lowest BCUT2D eigenvalue weighted by Crippen LogP contribution is -2.67. The maximum Gasteiger partial charge on any atom is 0.271 e. The van der Waals surface area contributed by atoms with Crippen molar-refractivity contribution in [3.05, 3.63) is 22.7 Å². The fourth-order valence-corrected chi connectivity index (χ4v) is 7.06. The van der Waals surface area contributed by atoms with Crippen molar-refractivity contribution in [1.29, 1.82) is 0 Å². The smallest absolute Gasteiger partial charge is 0.271 e. The molecule has 0 bridgehead atoms. The fourth-order valence-electron chi connectivity index (χ4n) is 6.02. The van der Waals surface area contributed by atoms with Crippen LogP contribution in [0.15, 0.2) is 12.1 Å². The highest BCUT2D eigenvalue weighted by Crippen LogP contribution is 2.39. The molecule has 5 rings (SSSR count). The third kappa shape index (κ3) is 3.61. The molecule has 2 amide bonds. The first kappa shape index (κ1) is 21.0. The first-order valence-corrected chi connectivity index (χ1v) is 13.1. The number of amides is 2. The molecule has 1 unspecified atom stereocenters. The van der Waals surface area contributed by atoms with Crippen molar-refractivity contribution in [2.24, 2.45) is 0 Å². The molecule has 0 aromatic carbocycles. The molecule has 6 heteroatoms. The van der Waals surface area contributed by atoms with Gasteiger partial charge < -0.3 is 14.8 Å². The lowest BCUT2D eigenvalue weighted by Gasteiger charge is -2.49. The molecule has 1 N–H and O–H groups in total. The molecule has 2 saturated carbocycles. The zero-order valence-electron chi connectivity index (χ0n) is 18.9. The second kappa shape index (κ2) is 8.27.